The summed E-state index contributed by atoms with van der Waals surface area (Å²) < 4.78 is 13.2. The molecule has 4 nitrogen and oxygen atoms in total. The smallest absolute Gasteiger partial charge is 0.296 e. The van der Waals surface area contributed by atoms with E-state index in [9.17, 15) is 14.0 Å². The highest BCUT2D eigenvalue weighted by Gasteiger charge is 2.20. The number of hydrogen-bond acceptors (Lipinski definition) is 2. The number of benzene rings is 2. The van der Waals surface area contributed by atoms with Crippen molar-refractivity contribution in [3.05, 3.63) is 65.6 Å². The summed E-state index contributed by atoms with van der Waals surface area (Å²) in [4.78, 5) is 27.2. The van der Waals surface area contributed by atoms with Crippen molar-refractivity contribution in [1.29, 1.82) is 0 Å². The second-order valence-electron chi connectivity index (χ2n) is 4.99. The number of Topliss-reactive ketones (excluding diaryl/α,β-unsaturated/α-hetero) is 1. The number of ketones is 1. The van der Waals surface area contributed by atoms with Crippen molar-refractivity contribution in [3.63, 3.8) is 0 Å². The lowest BCUT2D eigenvalue weighted by molar-refractivity contribution is -0.112. The Balaban J connectivity index is 1.89. The van der Waals surface area contributed by atoms with Gasteiger partial charge in [0.15, 0.2) is 0 Å². The molecule has 0 aliphatic rings. The summed E-state index contributed by atoms with van der Waals surface area (Å²) in [5.74, 6) is -1.79. The number of aromatic amines is 1. The van der Waals surface area contributed by atoms with Crippen LogP contribution in [0.4, 0.5) is 10.1 Å². The first kappa shape index (κ1) is 14.0. The van der Waals surface area contributed by atoms with E-state index in [1.54, 1.807) is 12.1 Å². The molecule has 0 radical (unpaired) electrons. The second kappa shape index (κ2) is 5.44. The molecule has 110 valence electrons. The van der Waals surface area contributed by atoms with Crippen LogP contribution in [-0.4, -0.2) is 16.7 Å². The second-order valence-corrected chi connectivity index (χ2v) is 4.99. The van der Waals surface area contributed by atoms with E-state index in [-0.39, 0.29) is 5.56 Å². The number of amides is 1. The highest BCUT2D eigenvalue weighted by Crippen LogP contribution is 2.20. The molecule has 1 aromatic heterocycles. The van der Waals surface area contributed by atoms with Crippen LogP contribution in [0.25, 0.3) is 10.9 Å². The zero-order valence-corrected chi connectivity index (χ0v) is 11.8. The van der Waals surface area contributed by atoms with Gasteiger partial charge in [-0.05, 0) is 36.8 Å². The van der Waals surface area contributed by atoms with E-state index in [2.05, 4.69) is 10.3 Å². The Morgan fingerprint density at radius 2 is 1.91 bits per heavy atom. The topological polar surface area (TPSA) is 62.0 Å². The summed E-state index contributed by atoms with van der Waals surface area (Å²) in [6.07, 6.45) is 1.42. The molecule has 0 saturated heterocycles. The van der Waals surface area contributed by atoms with Crippen molar-refractivity contribution in [2.75, 3.05) is 5.32 Å². The number of rotatable bonds is 3. The van der Waals surface area contributed by atoms with Gasteiger partial charge >= 0.3 is 0 Å². The Kier molecular flexibility index (Phi) is 3.47. The number of halogens is 1. The maximum atomic E-state index is 13.2. The molecule has 1 amide bonds. The highest BCUT2D eigenvalue weighted by atomic mass is 19.1. The van der Waals surface area contributed by atoms with Gasteiger partial charge in [0.05, 0.1) is 5.56 Å². The number of aromatic nitrogens is 1. The molecular weight excluding hydrogens is 283 g/mol. The van der Waals surface area contributed by atoms with Gasteiger partial charge in [0.2, 0.25) is 0 Å². The first-order valence-corrected chi connectivity index (χ1v) is 6.74. The van der Waals surface area contributed by atoms with Gasteiger partial charge in [-0.3, -0.25) is 9.59 Å². The van der Waals surface area contributed by atoms with Crippen molar-refractivity contribution < 1.29 is 14.0 Å². The summed E-state index contributed by atoms with van der Waals surface area (Å²) in [7, 11) is 0. The predicted molar refractivity (Wildman–Crippen MR) is 82.4 cm³/mol. The zero-order valence-electron chi connectivity index (χ0n) is 11.8. The molecule has 0 unspecified atom stereocenters. The van der Waals surface area contributed by atoms with Gasteiger partial charge in [-0.15, -0.1) is 0 Å². The number of para-hydroxylation sites is 1. The van der Waals surface area contributed by atoms with Crippen molar-refractivity contribution in [2.24, 2.45) is 0 Å². The van der Waals surface area contributed by atoms with Gasteiger partial charge in [0.1, 0.15) is 5.82 Å². The molecule has 0 atom stereocenters. The molecule has 22 heavy (non-hydrogen) atoms. The van der Waals surface area contributed by atoms with Crippen LogP contribution in [0.2, 0.25) is 0 Å². The number of carbonyl (C=O) groups excluding carboxylic acids is 2. The van der Waals surface area contributed by atoms with E-state index in [1.807, 2.05) is 19.1 Å². The number of fused-ring (bicyclic) bond motifs is 1. The lowest BCUT2D eigenvalue weighted by Gasteiger charge is -2.06. The fourth-order valence-corrected chi connectivity index (χ4v) is 2.30. The van der Waals surface area contributed by atoms with Crippen LogP contribution in [0.1, 0.15) is 15.9 Å². The van der Waals surface area contributed by atoms with E-state index < -0.39 is 17.5 Å². The fraction of sp³-hybridized carbons (Fsp3) is 0.0588. The normalized spacial score (nSPS) is 10.6. The van der Waals surface area contributed by atoms with Crippen molar-refractivity contribution in [2.45, 2.75) is 6.92 Å². The first-order valence-electron chi connectivity index (χ1n) is 6.74. The molecule has 3 aromatic rings. The molecular formula is C17H13FN2O2. The van der Waals surface area contributed by atoms with Crippen LogP contribution in [0.5, 0.6) is 0 Å². The quantitative estimate of drug-likeness (QED) is 0.574. The minimum absolute atomic E-state index is 0.223. The van der Waals surface area contributed by atoms with Crippen LogP contribution < -0.4 is 5.32 Å². The summed E-state index contributed by atoms with van der Waals surface area (Å²) in [5.41, 5.74) is 2.16. The maximum absolute atomic E-state index is 13.2. The van der Waals surface area contributed by atoms with Gasteiger partial charge in [-0.1, -0.05) is 18.2 Å². The van der Waals surface area contributed by atoms with Gasteiger partial charge < -0.3 is 10.3 Å². The minimum atomic E-state index is -0.723. The summed E-state index contributed by atoms with van der Waals surface area (Å²) in [6.45, 7) is 1.84. The Bertz CT molecular complexity index is 883. The van der Waals surface area contributed by atoms with Gasteiger partial charge in [0, 0.05) is 22.8 Å². The molecule has 0 saturated carbocycles. The third-order valence-corrected chi connectivity index (χ3v) is 3.49. The number of nitrogens with one attached hydrogen (secondary N) is 2. The van der Waals surface area contributed by atoms with E-state index in [0.29, 0.717) is 16.6 Å². The number of anilines is 1. The molecule has 0 bridgehead atoms. The number of aryl methyl sites for hydroxylation is 1. The van der Waals surface area contributed by atoms with Crippen LogP contribution >= 0.6 is 0 Å². The van der Waals surface area contributed by atoms with Gasteiger partial charge in [-0.2, -0.15) is 0 Å². The van der Waals surface area contributed by atoms with Crippen LogP contribution in [0, 0.1) is 12.7 Å². The van der Waals surface area contributed by atoms with Crippen molar-refractivity contribution in [1.82, 2.24) is 4.98 Å². The molecule has 1 heterocycles. The van der Waals surface area contributed by atoms with Crippen LogP contribution in [-0.2, 0) is 4.79 Å². The third-order valence-electron chi connectivity index (χ3n) is 3.49. The standard InChI is InChI=1S/C17H13FN2O2/c1-10-4-2-3-5-14(10)20-17(22)16(21)13-9-19-15-8-11(18)6-7-12(13)15/h2-9,19H,1H3,(H,20,22). The number of hydrogen-bond donors (Lipinski definition) is 2. The molecule has 0 spiro atoms. The lowest BCUT2D eigenvalue weighted by Crippen LogP contribution is -2.23. The lowest BCUT2D eigenvalue weighted by atomic mass is 10.1. The SMILES string of the molecule is Cc1ccccc1NC(=O)C(=O)c1c[nH]c2cc(F)ccc12. The Morgan fingerprint density at radius 1 is 1.14 bits per heavy atom. The fourth-order valence-electron chi connectivity index (χ4n) is 2.30. The van der Waals surface area contributed by atoms with Crippen molar-refractivity contribution >= 4 is 28.3 Å². The average molecular weight is 296 g/mol. The first-order chi connectivity index (χ1) is 10.6. The maximum Gasteiger partial charge on any atom is 0.296 e. The predicted octanol–water partition coefficient (Wildman–Crippen LogP) is 3.44. The third kappa shape index (κ3) is 2.48. The van der Waals surface area contributed by atoms with Crippen LogP contribution in [0.15, 0.2) is 48.7 Å². The summed E-state index contributed by atoms with van der Waals surface area (Å²) in [5, 5.41) is 3.12. The van der Waals surface area contributed by atoms with E-state index in [0.717, 1.165) is 5.56 Å². The molecule has 0 aliphatic carbocycles. The van der Waals surface area contributed by atoms with Crippen molar-refractivity contribution in [3.8, 4) is 0 Å². The Hall–Kier alpha value is -2.95. The molecule has 0 fully saturated rings. The summed E-state index contributed by atoms with van der Waals surface area (Å²) in [6, 6.07) is 11.2. The van der Waals surface area contributed by atoms with E-state index in [4.69, 9.17) is 0 Å². The van der Waals surface area contributed by atoms with Crippen LogP contribution in [0.3, 0.4) is 0 Å². The van der Waals surface area contributed by atoms with E-state index in [1.165, 1.54) is 24.4 Å². The molecule has 5 heteroatoms. The minimum Gasteiger partial charge on any atom is -0.360 e. The van der Waals surface area contributed by atoms with Gasteiger partial charge in [0.25, 0.3) is 11.7 Å². The number of carbonyl (C=O) groups is 2. The zero-order chi connectivity index (χ0) is 15.7. The molecule has 2 aromatic carbocycles. The largest absolute Gasteiger partial charge is 0.360 e. The van der Waals surface area contributed by atoms with Gasteiger partial charge in [-0.25, -0.2) is 4.39 Å². The highest BCUT2D eigenvalue weighted by molar-refractivity contribution is 6.48. The molecule has 0 aliphatic heterocycles. The molecule has 3 rings (SSSR count). The molecule has 2 N–H and O–H groups in total. The summed E-state index contributed by atoms with van der Waals surface area (Å²) >= 11 is 0. The Labute approximate surface area is 126 Å². The Morgan fingerprint density at radius 3 is 2.68 bits per heavy atom. The number of H-pyrrole nitrogens is 1. The average Bonchev–Trinajstić information content (AvgIpc) is 2.91. The van der Waals surface area contributed by atoms with E-state index >= 15 is 0 Å². The monoisotopic (exact) mass is 296 g/mol.